The van der Waals surface area contributed by atoms with E-state index in [-0.39, 0.29) is 209 Å². The summed E-state index contributed by atoms with van der Waals surface area (Å²) in [5.74, 6) is 6.11. The van der Waals surface area contributed by atoms with Crippen molar-refractivity contribution in [3.05, 3.63) is 7.43 Å². The molecule has 7 heterocycles. The van der Waals surface area contributed by atoms with E-state index in [0.717, 1.165) is 181 Å². The fraction of sp³-hybridized carbons (Fsp3) is 0.954. The summed E-state index contributed by atoms with van der Waals surface area (Å²) in [4.78, 5) is 56.9. The summed E-state index contributed by atoms with van der Waals surface area (Å²) in [5, 5.41) is 60.0. The van der Waals surface area contributed by atoms with E-state index in [4.69, 9.17) is 56.4 Å². The van der Waals surface area contributed by atoms with E-state index in [2.05, 4.69) is 152 Å². The number of aliphatic hydroxyl groups is 5. The third-order valence-corrected chi connectivity index (χ3v) is 46.8. The molecule has 19 nitrogen and oxygen atoms in total. The van der Waals surface area contributed by atoms with Gasteiger partial charge in [-0.1, -0.05) is 145 Å². The molecule has 0 aromatic rings. The van der Waals surface area contributed by atoms with Crippen molar-refractivity contribution >= 4 is 70.3 Å². The number of nitrogens with zero attached hydrogens (tertiary/aromatic N) is 3. The Kier molecular flexibility index (Phi) is 28.7. The third kappa shape index (κ3) is 14.6. The van der Waals surface area contributed by atoms with Crippen molar-refractivity contribution in [1.82, 2.24) is 14.7 Å². The van der Waals surface area contributed by atoms with Gasteiger partial charge in [0, 0.05) is 80.6 Å². The van der Waals surface area contributed by atoms with Gasteiger partial charge in [0.05, 0.1) is 72.0 Å². The summed E-state index contributed by atoms with van der Waals surface area (Å²) in [6, 6.07) is 0. The average molecular weight is 1960 g/mol. The van der Waals surface area contributed by atoms with Gasteiger partial charge in [0.1, 0.15) is 24.1 Å². The number of rotatable bonds is 9. The van der Waals surface area contributed by atoms with E-state index >= 15 is 0 Å². The molecule has 5 N–H and O–H groups in total. The minimum Gasteiger partial charge on any atom is -1.00 e. The van der Waals surface area contributed by atoms with Crippen molar-refractivity contribution in [2.24, 2.45) is 170 Å². The van der Waals surface area contributed by atoms with E-state index in [1.165, 1.54) is 57.8 Å². The predicted molar refractivity (Wildman–Crippen MR) is 513 cm³/mol. The van der Waals surface area contributed by atoms with E-state index in [9.17, 15) is 44.7 Å². The number of halogens is 3. The number of hydrogen-bond acceptors (Lipinski definition) is 16. The van der Waals surface area contributed by atoms with Crippen molar-refractivity contribution in [1.29, 1.82) is 0 Å². The van der Waals surface area contributed by atoms with Crippen molar-refractivity contribution in [2.45, 2.75) is 423 Å². The Morgan fingerprint density at radius 3 is 1.03 bits per heavy atom. The predicted octanol–water partition coefficient (Wildman–Crippen LogP) is 18.0. The number of amides is 3. The molecule has 748 valence electrons. The van der Waals surface area contributed by atoms with Gasteiger partial charge in [-0.2, -0.15) is 0 Å². The summed E-state index contributed by atoms with van der Waals surface area (Å²) >= 11 is 9.53. The number of Topliss-reactive ketones (excluding diaryl/α,β-unsaturated/α-hetero) is 1. The number of alkyl halides is 2. The number of aliphatic hydroxyl groups excluding tert-OH is 4. The second-order valence-electron chi connectivity index (χ2n) is 52.8. The Labute approximate surface area is 832 Å². The molecule has 132 heavy (non-hydrogen) atoms. The fourth-order valence-corrected chi connectivity index (χ4v) is 39.1. The molecule has 3 amide bonds. The van der Waals surface area contributed by atoms with Gasteiger partial charge in [0.25, 0.3) is 0 Å². The van der Waals surface area contributed by atoms with Crippen LogP contribution in [0.25, 0.3) is 0 Å². The van der Waals surface area contributed by atoms with Crippen molar-refractivity contribution in [2.75, 3.05) is 57.8 Å². The monoisotopic (exact) mass is 1960 g/mol. The minimum atomic E-state index is -0.612. The first kappa shape index (κ1) is 105. The SMILES string of the molecule is C1CCOC1.CC(C)[C@@H](OC(=O)N1CCC1)[C@H]1C[C@@H](C)[C@H]2[C@H](O1)[C@H](O)[C@@]1(C)[C@@H]3CC[C@H]4C(C)(C)C(=O)CC[C@@]45C[C@@]35CC[C@]21C.CC(C)[C@@H](OC(=O)N1CCC1)[C@H]1C[C@@H](C)[C@H]2[C@H](O1)[C@H](O)[C@@]1(C)[C@@H]3CC[C@H]4C(C)(C)C(C)(O)CC[C@@]45C[C@@]35CC[C@]21C.CC(C)[C@@H](OC(=O)N1CCC1)[C@H]1C[C@@H](C)[C@H]2[C@H](O1)[C@H](O)[C@@]1(C)[C@@H]3CC[C@H]4C(C)(C)[C@@H](O)CC[C@@]45C[C@@]35CC[C@]21C.ClCCl.[Br-].[CH3-].[Mg+2]. The van der Waals surface area contributed by atoms with Crippen LogP contribution >= 0.6 is 23.2 Å². The molecule has 6 spiro atoms. The second-order valence-corrected chi connectivity index (χ2v) is 53.6. The molecule has 0 aromatic carbocycles. The van der Waals surface area contributed by atoms with Crippen molar-refractivity contribution in [3.8, 4) is 0 Å². The largest absolute Gasteiger partial charge is 2.00 e. The molecule has 15 saturated carbocycles. The van der Waals surface area contributed by atoms with Crippen LogP contribution in [0, 0.1) is 177 Å². The van der Waals surface area contributed by atoms with Gasteiger partial charge in [-0.25, -0.2) is 14.4 Å². The summed E-state index contributed by atoms with van der Waals surface area (Å²) in [7, 11) is 0. The van der Waals surface area contributed by atoms with Crippen LogP contribution in [-0.2, 0) is 38.0 Å². The van der Waals surface area contributed by atoms with Gasteiger partial charge < -0.3 is 97.8 Å². The quantitative estimate of drug-likeness (QED) is 0.0624. The number of fused-ring (bicyclic) bond motifs is 12. The number of ether oxygens (including phenoxy) is 7. The van der Waals surface area contributed by atoms with Crippen molar-refractivity contribution in [3.63, 3.8) is 0 Å². The van der Waals surface area contributed by atoms with Gasteiger partial charge in [0.15, 0.2) is 0 Å². The molecule has 23 heteroatoms. The summed E-state index contributed by atoms with van der Waals surface area (Å²) in [6.07, 6.45) is 27.6. The smallest absolute Gasteiger partial charge is 1.00 e. The molecule has 7 aliphatic heterocycles. The van der Waals surface area contributed by atoms with Crippen LogP contribution in [0.1, 0.15) is 339 Å². The van der Waals surface area contributed by atoms with E-state index in [1.807, 2.05) is 0 Å². The maximum Gasteiger partial charge on any atom is 2.00 e. The van der Waals surface area contributed by atoms with Crippen LogP contribution in [-0.4, -0.2) is 230 Å². The van der Waals surface area contributed by atoms with E-state index < -0.39 is 23.9 Å². The van der Waals surface area contributed by atoms with Gasteiger partial charge in [0.2, 0.25) is 0 Å². The molecule has 0 bridgehead atoms. The summed E-state index contributed by atoms with van der Waals surface area (Å²) in [6.45, 7) is 57.1. The van der Waals surface area contributed by atoms with Gasteiger partial charge in [-0.3, -0.25) is 4.79 Å². The molecule has 22 fully saturated rings. The summed E-state index contributed by atoms with van der Waals surface area (Å²) < 4.78 is 44.2. The topological polar surface area (TPSA) is 244 Å². The maximum absolute atomic E-state index is 13.0. The van der Waals surface area contributed by atoms with Gasteiger partial charge >= 0.3 is 41.3 Å². The van der Waals surface area contributed by atoms with Crippen LogP contribution in [0.5, 0.6) is 0 Å². The molecular formula is C109H178BrCl2MgN3O16. The Hall–Kier alpha value is -1.05. The number of likely N-dealkylation sites (tertiary alicyclic amines) is 3. The standard InChI is InChI=1S/C35H57NO5.C34H55NO5.C34H53NO5.C4H8O.CH2Cl2.CH3.BrH.Mg/c1-20(2)26(41-29(38)36-16-9-17-36)22-18-21(3)25-27(40-22)28(37)33(8)24-11-10-23-30(4,5)32(7,39)13-15-34(23)19-35(24,34)14-12-31(25,33)6;2*1-19(2)26(40-29(38)35-15-8-16-35)21-17-20(3)25-27(39-21)28(37)32(7)23-10-9-22-30(4,5)24(36)11-12-33(22)18-34(23,33)14-13-31(25,32)6;1-2-4-5-3-1;2-1-3;;;/h20-28,37,39H,9-19H2,1-8H3;19-28,36-37H,8-18H2,1-7H3;19-23,25-28,37H,8-18H2,1-7H3;1-4H2;1H2;1H3;1H;/q;;;;;-1;;+2/p-1/t21-,22-,23+,24+,25+,26-,27+,28+,31-,32?,33-,34-,35+;20-,21-,22+,23+,24+,25+,26-,27+,28+,31-,32-,33-,34+;20-,21-,22+,23+,25+,26-,27+,28+,31-,32-,33-,34+;;;;;/m111...../s1. The molecule has 1 unspecified atom stereocenters. The minimum absolute atomic E-state index is 0. The molecular weight excluding hydrogens is 1780 g/mol. The van der Waals surface area contributed by atoms with E-state index in [1.54, 1.807) is 14.7 Å². The molecule has 38 atom stereocenters. The summed E-state index contributed by atoms with van der Waals surface area (Å²) in [5.41, 5.74) is 0.320. The number of hydrogen-bond donors (Lipinski definition) is 5. The number of ketones is 1. The first-order valence-electron chi connectivity index (χ1n) is 53.0. The third-order valence-electron chi connectivity index (χ3n) is 46.8. The molecule has 0 aromatic heterocycles. The molecule has 0 radical (unpaired) electrons. The molecule has 22 rings (SSSR count). The number of carbonyl (C=O) groups excluding carboxylic acids is 4. The fourth-order valence-electron chi connectivity index (χ4n) is 39.1. The Bertz CT molecular complexity index is 4190. The zero-order chi connectivity index (χ0) is 93.0. The number of carbonyl (C=O) groups is 4. The second kappa shape index (κ2) is 36.0. The first-order chi connectivity index (χ1) is 60.5. The Morgan fingerprint density at radius 1 is 0.424 bits per heavy atom. The van der Waals surface area contributed by atoms with Crippen molar-refractivity contribution < 1.29 is 94.9 Å². The Balaban J connectivity index is 0.000000143. The van der Waals surface area contributed by atoms with Gasteiger partial charge in [-0.15, -0.1) is 23.2 Å². The van der Waals surface area contributed by atoms with E-state index in [0.29, 0.717) is 98.5 Å². The Morgan fingerprint density at radius 2 is 0.720 bits per heavy atom. The van der Waals surface area contributed by atoms with Crippen LogP contribution in [0.15, 0.2) is 0 Å². The normalized spacial score (nSPS) is 50.9. The molecule has 22 aliphatic rings. The van der Waals surface area contributed by atoms with Crippen LogP contribution in [0.3, 0.4) is 0 Å². The van der Waals surface area contributed by atoms with Crippen LogP contribution in [0.2, 0.25) is 0 Å². The molecule has 7 saturated heterocycles. The van der Waals surface area contributed by atoms with Crippen LogP contribution < -0.4 is 17.0 Å². The molecule has 15 aliphatic carbocycles. The maximum atomic E-state index is 13.0. The zero-order valence-corrected chi connectivity index (χ0v) is 90.5. The first-order valence-corrected chi connectivity index (χ1v) is 54.1. The average Bonchev–Trinajstić information content (AvgIpc) is 1.46. The zero-order valence-electron chi connectivity index (χ0n) is 85.9. The van der Waals surface area contributed by atoms with Gasteiger partial charge in [-0.05, 0) is 335 Å². The van der Waals surface area contributed by atoms with Crippen LogP contribution in [0.4, 0.5) is 14.4 Å².